The average Bonchev–Trinajstić information content (AvgIpc) is 3.18. The second-order valence-corrected chi connectivity index (χ2v) is 10.1. The minimum atomic E-state index is -1.05. The second-order valence-electron chi connectivity index (χ2n) is 7.95. The van der Waals surface area contributed by atoms with Gasteiger partial charge in [0.1, 0.15) is 29.7 Å². The first kappa shape index (κ1) is 20.3. The summed E-state index contributed by atoms with van der Waals surface area (Å²) < 4.78 is 36.0. The third-order valence-electron chi connectivity index (χ3n) is 4.63. The van der Waals surface area contributed by atoms with Crippen molar-refractivity contribution in [3.8, 4) is 0 Å². The van der Waals surface area contributed by atoms with Crippen LogP contribution in [0.25, 0.3) is 0 Å². The van der Waals surface area contributed by atoms with Crippen molar-refractivity contribution in [2.75, 3.05) is 0 Å². The van der Waals surface area contributed by atoms with E-state index in [1.807, 2.05) is 18.2 Å². The highest BCUT2D eigenvalue weighted by atomic mass is 35.5. The van der Waals surface area contributed by atoms with Gasteiger partial charge in [0.15, 0.2) is 5.16 Å². The molecule has 2 atom stereocenters. The van der Waals surface area contributed by atoms with E-state index in [1.165, 1.54) is 18.5 Å². The molecule has 0 bridgehead atoms. The smallest absolute Gasteiger partial charge is 0.186 e. The Morgan fingerprint density at radius 3 is 2.66 bits per heavy atom. The summed E-state index contributed by atoms with van der Waals surface area (Å²) in [7, 11) is 0. The number of nitrogens with zero attached hydrogens (tertiary/aromatic N) is 3. The molecule has 8 heteroatoms. The molecule has 4 rings (SSSR count). The normalized spacial score (nSPS) is 21.4. The van der Waals surface area contributed by atoms with Crippen molar-refractivity contribution < 1.29 is 13.5 Å². The summed E-state index contributed by atoms with van der Waals surface area (Å²) in [4.78, 5) is 4.34. The van der Waals surface area contributed by atoms with Crippen LogP contribution in [0, 0.1) is 11.6 Å². The topological polar surface area (TPSA) is 43.2 Å². The summed E-state index contributed by atoms with van der Waals surface area (Å²) >= 11 is 7.93. The van der Waals surface area contributed by atoms with Crippen LogP contribution in [0.4, 0.5) is 8.78 Å². The fourth-order valence-electron chi connectivity index (χ4n) is 3.36. The highest BCUT2D eigenvalue weighted by Crippen LogP contribution is 2.60. The van der Waals surface area contributed by atoms with Crippen LogP contribution >= 0.6 is 23.4 Å². The maximum absolute atomic E-state index is 14.8. The van der Waals surface area contributed by atoms with Crippen molar-refractivity contribution in [1.82, 2.24) is 14.8 Å². The van der Waals surface area contributed by atoms with Gasteiger partial charge in [-0.15, -0.1) is 0 Å². The molecule has 3 aromatic rings. The van der Waals surface area contributed by atoms with Crippen LogP contribution in [0.1, 0.15) is 38.0 Å². The van der Waals surface area contributed by atoms with Gasteiger partial charge in [0, 0.05) is 27.0 Å². The summed E-state index contributed by atoms with van der Waals surface area (Å²) in [5.41, 5.74) is -0.0296. The molecule has 0 radical (unpaired) electrons. The molecule has 0 unspecified atom stereocenters. The van der Waals surface area contributed by atoms with E-state index in [1.54, 1.807) is 22.5 Å². The summed E-state index contributed by atoms with van der Waals surface area (Å²) in [5, 5.41) is 5.56. The van der Waals surface area contributed by atoms with Gasteiger partial charge in [-0.1, -0.05) is 68.4 Å². The van der Waals surface area contributed by atoms with Gasteiger partial charge >= 0.3 is 0 Å². The molecule has 1 fully saturated rings. The van der Waals surface area contributed by atoms with Gasteiger partial charge in [-0.05, 0) is 12.1 Å². The van der Waals surface area contributed by atoms with Crippen molar-refractivity contribution >= 4 is 23.4 Å². The summed E-state index contributed by atoms with van der Waals surface area (Å²) in [6, 6.07) is 10.8. The molecule has 1 aliphatic rings. The van der Waals surface area contributed by atoms with Crippen molar-refractivity contribution in [2.24, 2.45) is 0 Å². The van der Waals surface area contributed by atoms with E-state index in [-0.39, 0.29) is 16.9 Å². The number of ether oxygens (including phenoxy) is 1. The largest absolute Gasteiger partial charge is 0.354 e. The van der Waals surface area contributed by atoms with Gasteiger partial charge in [-0.2, -0.15) is 5.10 Å². The van der Waals surface area contributed by atoms with E-state index in [9.17, 15) is 8.78 Å². The molecule has 0 aliphatic carbocycles. The van der Waals surface area contributed by atoms with Gasteiger partial charge in [0.05, 0.1) is 6.54 Å². The lowest BCUT2D eigenvalue weighted by molar-refractivity contribution is 0.250. The first-order chi connectivity index (χ1) is 13.7. The molecule has 152 valence electrons. The van der Waals surface area contributed by atoms with Crippen LogP contribution < -0.4 is 0 Å². The SMILES string of the molecule is CC(C)(C)Sc1ncnn1C[C@]1(c2ccc(F)cc2F)O[C@H]1c1ccccc1Cl. The van der Waals surface area contributed by atoms with E-state index >= 15 is 0 Å². The Bertz CT molecular complexity index is 1050. The van der Waals surface area contributed by atoms with Crippen LogP contribution in [0.5, 0.6) is 0 Å². The molecule has 2 heterocycles. The number of hydrogen-bond donors (Lipinski definition) is 0. The minimum absolute atomic E-state index is 0.0778. The zero-order chi connectivity index (χ0) is 20.8. The van der Waals surface area contributed by atoms with Crippen molar-refractivity contribution in [3.05, 3.63) is 76.6 Å². The molecule has 2 aromatic carbocycles. The highest BCUT2D eigenvalue weighted by Gasteiger charge is 2.61. The molecule has 1 saturated heterocycles. The molecule has 0 amide bonds. The minimum Gasteiger partial charge on any atom is -0.354 e. The number of aromatic nitrogens is 3. The van der Waals surface area contributed by atoms with Gasteiger partial charge in [0.2, 0.25) is 0 Å². The number of benzene rings is 2. The Kier molecular flexibility index (Phi) is 5.17. The molecule has 4 nitrogen and oxygen atoms in total. The Morgan fingerprint density at radius 1 is 1.21 bits per heavy atom. The van der Waals surface area contributed by atoms with Crippen LogP contribution in [-0.4, -0.2) is 19.5 Å². The van der Waals surface area contributed by atoms with E-state index in [4.69, 9.17) is 16.3 Å². The molecular weight excluding hydrogens is 416 g/mol. The number of thioether (sulfide) groups is 1. The van der Waals surface area contributed by atoms with Crippen molar-refractivity contribution in [1.29, 1.82) is 0 Å². The predicted molar refractivity (Wildman–Crippen MR) is 109 cm³/mol. The molecule has 1 aromatic heterocycles. The zero-order valence-corrected chi connectivity index (χ0v) is 17.8. The Balaban J connectivity index is 1.76. The van der Waals surface area contributed by atoms with Crippen LogP contribution in [0.3, 0.4) is 0 Å². The van der Waals surface area contributed by atoms with Gasteiger partial charge in [0.25, 0.3) is 0 Å². The van der Waals surface area contributed by atoms with E-state index < -0.39 is 23.3 Å². The maximum Gasteiger partial charge on any atom is 0.186 e. The summed E-state index contributed by atoms with van der Waals surface area (Å²) in [6.07, 6.45) is 0.989. The van der Waals surface area contributed by atoms with E-state index in [0.717, 1.165) is 11.6 Å². The molecule has 1 aliphatic heterocycles. The van der Waals surface area contributed by atoms with E-state index in [0.29, 0.717) is 10.2 Å². The summed E-state index contributed by atoms with van der Waals surface area (Å²) in [5.74, 6) is -1.30. The van der Waals surface area contributed by atoms with Gasteiger partial charge < -0.3 is 4.74 Å². The predicted octanol–water partition coefficient (Wildman–Crippen LogP) is 5.77. The molecule has 0 N–H and O–H groups in total. The Labute approximate surface area is 177 Å². The highest BCUT2D eigenvalue weighted by molar-refractivity contribution is 8.00. The Morgan fingerprint density at radius 2 is 1.97 bits per heavy atom. The first-order valence-corrected chi connectivity index (χ1v) is 10.3. The molecular formula is C21H20ClF2N3OS. The summed E-state index contributed by atoms with van der Waals surface area (Å²) in [6.45, 7) is 6.45. The van der Waals surface area contributed by atoms with Crippen molar-refractivity contribution in [3.63, 3.8) is 0 Å². The quantitative estimate of drug-likeness (QED) is 0.377. The van der Waals surface area contributed by atoms with E-state index in [2.05, 4.69) is 30.9 Å². The fraction of sp³-hybridized carbons (Fsp3) is 0.333. The number of epoxide rings is 1. The van der Waals surface area contributed by atoms with Crippen LogP contribution in [0.15, 0.2) is 53.9 Å². The molecule has 29 heavy (non-hydrogen) atoms. The lowest BCUT2D eigenvalue weighted by atomic mass is 9.91. The monoisotopic (exact) mass is 435 g/mol. The lowest BCUT2D eigenvalue weighted by Crippen LogP contribution is -2.23. The zero-order valence-electron chi connectivity index (χ0n) is 16.2. The van der Waals surface area contributed by atoms with Crippen LogP contribution in [0.2, 0.25) is 5.02 Å². The van der Waals surface area contributed by atoms with Gasteiger partial charge in [-0.3, -0.25) is 0 Å². The third-order valence-corrected chi connectivity index (χ3v) is 6.09. The number of rotatable bonds is 5. The fourth-order valence-corrected chi connectivity index (χ4v) is 4.46. The average molecular weight is 436 g/mol. The number of hydrogen-bond acceptors (Lipinski definition) is 4. The number of halogens is 3. The standard InChI is InChI=1S/C21H20ClF2N3OS/c1-20(2,3)29-19-25-12-26-27(19)11-21(15-9-8-13(23)10-17(15)24)18(28-21)14-6-4-5-7-16(14)22/h4-10,12,18H,11H2,1-3H3/t18-,21+/m0/s1. The van der Waals surface area contributed by atoms with Crippen molar-refractivity contribution in [2.45, 2.75) is 48.9 Å². The van der Waals surface area contributed by atoms with Gasteiger partial charge in [-0.25, -0.2) is 18.4 Å². The lowest BCUT2D eigenvalue weighted by Gasteiger charge is -2.20. The molecule has 0 saturated carbocycles. The Hall–Kier alpha value is -1.96. The molecule has 0 spiro atoms. The third kappa shape index (κ3) is 4.04. The van der Waals surface area contributed by atoms with Crippen LogP contribution in [-0.2, 0) is 16.9 Å². The second kappa shape index (κ2) is 7.38. The maximum atomic E-state index is 14.8. The first-order valence-electron chi connectivity index (χ1n) is 9.14.